The van der Waals surface area contributed by atoms with E-state index in [9.17, 15) is 13.2 Å². The van der Waals surface area contributed by atoms with Crippen LogP contribution in [0.25, 0.3) is 10.9 Å². The Hall–Kier alpha value is -3.50. The second kappa shape index (κ2) is 8.13. The molecular weight excluding hydrogens is 442 g/mol. The average molecular weight is 466 g/mol. The molecule has 0 spiro atoms. The first-order chi connectivity index (χ1) is 15.8. The van der Waals surface area contributed by atoms with Gasteiger partial charge in [-0.1, -0.05) is 25.1 Å². The maximum atomic E-state index is 13.6. The van der Waals surface area contributed by atoms with E-state index in [-0.39, 0.29) is 22.2 Å². The lowest BCUT2D eigenvalue weighted by molar-refractivity contribution is 0.381. The fraction of sp³-hybridized carbons (Fsp3) is 0.261. The molecule has 1 aliphatic rings. The normalized spacial score (nSPS) is 15.4. The summed E-state index contributed by atoms with van der Waals surface area (Å²) in [6.45, 7) is 1.90. The first-order valence-corrected chi connectivity index (χ1v) is 12.1. The molecule has 0 fully saturated rings. The highest BCUT2D eigenvalue weighted by Crippen LogP contribution is 2.37. The van der Waals surface area contributed by atoms with E-state index in [2.05, 4.69) is 26.0 Å². The minimum absolute atomic E-state index is 0.0133. The van der Waals surface area contributed by atoms with Gasteiger partial charge in [0.15, 0.2) is 0 Å². The van der Waals surface area contributed by atoms with Crippen molar-refractivity contribution >= 4 is 26.6 Å². The fourth-order valence-corrected chi connectivity index (χ4v) is 6.04. The fourth-order valence-electron chi connectivity index (χ4n) is 4.61. The summed E-state index contributed by atoms with van der Waals surface area (Å²) in [7, 11) is -4.09. The van der Waals surface area contributed by atoms with E-state index < -0.39 is 21.8 Å². The van der Waals surface area contributed by atoms with Crippen molar-refractivity contribution in [2.75, 3.05) is 5.73 Å². The summed E-state index contributed by atoms with van der Waals surface area (Å²) in [6.07, 6.45) is 4.48. The smallest absolute Gasteiger partial charge is 0.398 e. The van der Waals surface area contributed by atoms with Crippen molar-refractivity contribution in [1.82, 2.24) is 19.9 Å². The summed E-state index contributed by atoms with van der Waals surface area (Å²) in [4.78, 5) is 15.9. The average Bonchev–Trinajstić information content (AvgIpc) is 3.46. The molecule has 9 nitrogen and oxygen atoms in total. The highest BCUT2D eigenvalue weighted by molar-refractivity contribution is 7.89. The molecule has 2 aromatic carbocycles. The van der Waals surface area contributed by atoms with Crippen LogP contribution < -0.4 is 16.2 Å². The Bertz CT molecular complexity index is 1510. The van der Waals surface area contributed by atoms with E-state index in [4.69, 9.17) is 10.2 Å². The van der Waals surface area contributed by atoms with Gasteiger partial charge < -0.3 is 10.2 Å². The Morgan fingerprint density at radius 3 is 2.79 bits per heavy atom. The molecule has 1 aliphatic carbocycles. The van der Waals surface area contributed by atoms with Gasteiger partial charge in [0, 0.05) is 23.2 Å². The topological polar surface area (TPSA) is 144 Å². The van der Waals surface area contributed by atoms with Crippen LogP contribution in [0.3, 0.4) is 0 Å². The number of aromatic amines is 1. The number of sulfonamides is 1. The molecule has 0 saturated carbocycles. The first kappa shape index (κ1) is 21.4. The number of aromatic nitrogens is 3. The van der Waals surface area contributed by atoms with Gasteiger partial charge in [0.1, 0.15) is 10.9 Å². The van der Waals surface area contributed by atoms with Crippen LogP contribution in [0.2, 0.25) is 0 Å². The molecule has 4 N–H and O–H groups in total. The lowest BCUT2D eigenvalue weighted by Crippen LogP contribution is -2.33. The summed E-state index contributed by atoms with van der Waals surface area (Å²) in [5.41, 5.74) is 10.2. The first-order valence-electron chi connectivity index (χ1n) is 10.7. The molecule has 2 atom stereocenters. The molecule has 0 unspecified atom stereocenters. The van der Waals surface area contributed by atoms with Crippen LogP contribution in [0.15, 0.2) is 62.8 Å². The molecule has 10 heteroatoms. The molecule has 4 aromatic rings. The highest BCUT2D eigenvalue weighted by atomic mass is 32.2. The van der Waals surface area contributed by atoms with Crippen LogP contribution in [-0.4, -0.2) is 23.6 Å². The molecule has 0 radical (unpaired) electrons. The Kier molecular flexibility index (Phi) is 5.26. The molecular formula is C23H23N5O4S. The molecule has 2 heterocycles. The zero-order valence-electron chi connectivity index (χ0n) is 17.9. The van der Waals surface area contributed by atoms with Crippen molar-refractivity contribution < 1.29 is 12.8 Å². The van der Waals surface area contributed by atoms with E-state index in [0.29, 0.717) is 11.1 Å². The maximum absolute atomic E-state index is 13.6. The van der Waals surface area contributed by atoms with Crippen molar-refractivity contribution in [3.63, 3.8) is 0 Å². The Balaban J connectivity index is 1.60. The van der Waals surface area contributed by atoms with E-state index in [1.165, 1.54) is 29.5 Å². The third kappa shape index (κ3) is 3.81. The zero-order valence-corrected chi connectivity index (χ0v) is 18.7. The van der Waals surface area contributed by atoms with Gasteiger partial charge in [-0.15, -0.1) is 5.10 Å². The summed E-state index contributed by atoms with van der Waals surface area (Å²) < 4.78 is 35.1. The van der Waals surface area contributed by atoms with Crippen molar-refractivity contribution in [3.8, 4) is 0 Å². The number of fused-ring (bicyclic) bond motifs is 2. The monoisotopic (exact) mass is 465 g/mol. The third-order valence-corrected chi connectivity index (χ3v) is 7.70. The SMILES string of the molecule is C[C@H](c1cccc2c1CCC2)[C@H](NS(=O)(=O)c1ccc(N)c2cccnc12)c1n[nH]c(=O)o1. The largest absolute Gasteiger partial charge is 0.434 e. The van der Waals surface area contributed by atoms with Gasteiger partial charge in [-0.05, 0) is 60.2 Å². The number of nitrogens with two attached hydrogens (primary N) is 1. The number of aryl methyl sites for hydroxylation is 1. The van der Waals surface area contributed by atoms with E-state index in [0.717, 1.165) is 24.8 Å². The highest BCUT2D eigenvalue weighted by Gasteiger charge is 2.33. The van der Waals surface area contributed by atoms with Gasteiger partial charge in [0.2, 0.25) is 15.9 Å². The zero-order chi connectivity index (χ0) is 23.2. The second-order valence-corrected chi connectivity index (χ2v) is 9.91. The number of hydrogen-bond donors (Lipinski definition) is 3. The minimum Gasteiger partial charge on any atom is -0.398 e. The molecule has 33 heavy (non-hydrogen) atoms. The summed E-state index contributed by atoms with van der Waals surface area (Å²) in [5, 5.41) is 6.72. The number of benzene rings is 2. The molecule has 2 aromatic heterocycles. The predicted molar refractivity (Wildman–Crippen MR) is 123 cm³/mol. The molecule has 0 amide bonds. The van der Waals surface area contributed by atoms with Crippen LogP contribution in [-0.2, 0) is 22.9 Å². The summed E-state index contributed by atoms with van der Waals surface area (Å²) in [5.74, 6) is -1.13. The third-order valence-electron chi connectivity index (χ3n) is 6.23. The maximum Gasteiger partial charge on any atom is 0.434 e. The van der Waals surface area contributed by atoms with Gasteiger partial charge in [-0.2, -0.15) is 4.72 Å². The van der Waals surface area contributed by atoms with Gasteiger partial charge in [-0.3, -0.25) is 4.98 Å². The number of nitrogens with zero attached hydrogens (tertiary/aromatic N) is 2. The molecule has 0 bridgehead atoms. The van der Waals surface area contributed by atoms with Gasteiger partial charge in [0.25, 0.3) is 0 Å². The van der Waals surface area contributed by atoms with E-state index in [1.54, 1.807) is 12.1 Å². The van der Waals surface area contributed by atoms with Gasteiger partial charge in [-0.25, -0.2) is 18.3 Å². The van der Waals surface area contributed by atoms with Crippen molar-refractivity contribution in [3.05, 3.63) is 81.8 Å². The number of anilines is 1. The molecule has 0 aliphatic heterocycles. The second-order valence-electron chi connectivity index (χ2n) is 8.23. The van der Waals surface area contributed by atoms with Crippen molar-refractivity contribution in [1.29, 1.82) is 0 Å². The van der Waals surface area contributed by atoms with Gasteiger partial charge >= 0.3 is 5.76 Å². The van der Waals surface area contributed by atoms with E-state index in [1.807, 2.05) is 19.1 Å². The van der Waals surface area contributed by atoms with Crippen LogP contribution in [0.4, 0.5) is 5.69 Å². The lowest BCUT2D eigenvalue weighted by atomic mass is 9.88. The lowest BCUT2D eigenvalue weighted by Gasteiger charge is -2.24. The number of H-pyrrole nitrogens is 1. The number of pyridine rings is 1. The Morgan fingerprint density at radius 1 is 1.15 bits per heavy atom. The summed E-state index contributed by atoms with van der Waals surface area (Å²) in [6, 6.07) is 11.5. The molecule has 170 valence electrons. The number of rotatable bonds is 6. The summed E-state index contributed by atoms with van der Waals surface area (Å²) >= 11 is 0. The van der Waals surface area contributed by atoms with Crippen LogP contribution in [0, 0.1) is 0 Å². The Labute approximate surface area is 190 Å². The molecule has 5 rings (SSSR count). The quantitative estimate of drug-likeness (QED) is 0.371. The van der Waals surface area contributed by atoms with Crippen LogP contribution >= 0.6 is 0 Å². The standard InChI is InChI=1S/C23H23N5O4S/c1-13(15-7-2-5-14-6-3-8-16(14)15)20(22-26-27-23(29)32-22)28-33(30,31)19-11-10-18(24)17-9-4-12-25-21(17)19/h2,4-5,7,9-13,20,28H,3,6,8,24H2,1H3,(H,27,29)/t13-,20+/m1/s1. The van der Waals surface area contributed by atoms with Crippen molar-refractivity contribution in [2.45, 2.75) is 43.0 Å². The van der Waals surface area contributed by atoms with Gasteiger partial charge in [0.05, 0.1) is 5.52 Å². The van der Waals surface area contributed by atoms with Crippen LogP contribution in [0.1, 0.15) is 47.9 Å². The number of hydrogen-bond acceptors (Lipinski definition) is 7. The predicted octanol–water partition coefficient (Wildman–Crippen LogP) is 2.81. The van der Waals surface area contributed by atoms with E-state index >= 15 is 0 Å². The number of nitrogen functional groups attached to an aromatic ring is 1. The number of nitrogens with one attached hydrogen (secondary N) is 2. The minimum atomic E-state index is -4.09. The van der Waals surface area contributed by atoms with Crippen molar-refractivity contribution in [2.24, 2.45) is 0 Å². The Morgan fingerprint density at radius 2 is 2.00 bits per heavy atom. The van der Waals surface area contributed by atoms with Crippen LogP contribution in [0.5, 0.6) is 0 Å². The molecule has 0 saturated heterocycles.